The van der Waals surface area contributed by atoms with Crippen molar-refractivity contribution in [2.75, 3.05) is 0 Å². The second-order valence-electron chi connectivity index (χ2n) is 7.66. The molecule has 0 saturated carbocycles. The van der Waals surface area contributed by atoms with Gasteiger partial charge in [0.25, 0.3) is 5.91 Å². The predicted octanol–water partition coefficient (Wildman–Crippen LogP) is 4.11. The maximum absolute atomic E-state index is 12.6. The first-order valence-electron chi connectivity index (χ1n) is 10.4. The summed E-state index contributed by atoms with van der Waals surface area (Å²) in [6.45, 7) is 8.75. The number of carbonyl (C=O) groups is 2. The van der Waals surface area contributed by atoms with E-state index in [0.29, 0.717) is 5.56 Å². The van der Waals surface area contributed by atoms with Gasteiger partial charge in [-0.05, 0) is 45.9 Å². The molecule has 0 bridgehead atoms. The average molecular weight is 448 g/mol. The molecule has 2 N–H and O–H groups in total. The number of nitrogens with zero attached hydrogens (tertiary/aromatic N) is 3. The van der Waals surface area contributed by atoms with E-state index >= 15 is 0 Å². The van der Waals surface area contributed by atoms with Crippen LogP contribution in [0.2, 0.25) is 0 Å². The van der Waals surface area contributed by atoms with Crippen LogP contribution in [-0.2, 0) is 17.8 Å². The highest BCUT2D eigenvalue weighted by Gasteiger charge is 2.16. The molecule has 2 amide bonds. The number of aromatic nitrogens is 3. The van der Waals surface area contributed by atoms with Crippen molar-refractivity contribution in [2.45, 2.75) is 40.7 Å². The van der Waals surface area contributed by atoms with Crippen LogP contribution in [0.4, 0.5) is 0 Å². The van der Waals surface area contributed by atoms with Crippen LogP contribution < -0.4 is 10.9 Å². The van der Waals surface area contributed by atoms with Gasteiger partial charge in [-0.15, -0.1) is 11.3 Å². The highest BCUT2D eigenvalue weighted by molar-refractivity contribution is 7.12. The number of hydrogen-bond donors (Lipinski definition) is 2. The van der Waals surface area contributed by atoms with E-state index < -0.39 is 0 Å². The fourth-order valence-corrected chi connectivity index (χ4v) is 4.66. The number of nitrogens with one attached hydrogen (secondary N) is 2. The van der Waals surface area contributed by atoms with Gasteiger partial charge in [-0.1, -0.05) is 29.8 Å². The van der Waals surface area contributed by atoms with Gasteiger partial charge in [-0.2, -0.15) is 0 Å². The quantitative estimate of drug-likeness (QED) is 0.451. The van der Waals surface area contributed by atoms with E-state index in [0.717, 1.165) is 50.1 Å². The summed E-state index contributed by atoms with van der Waals surface area (Å²) in [4.78, 5) is 35.1. The summed E-state index contributed by atoms with van der Waals surface area (Å²) in [5.41, 5.74) is 10.1. The van der Waals surface area contributed by atoms with Crippen LogP contribution in [0.1, 0.15) is 38.6 Å². The Bertz CT molecular complexity index is 1300. The van der Waals surface area contributed by atoms with Crippen molar-refractivity contribution in [1.29, 1.82) is 0 Å². The Labute approximate surface area is 190 Å². The number of carbonyl (C=O) groups excluding carboxylic acids is 2. The molecule has 8 heteroatoms. The lowest BCUT2D eigenvalue weighted by atomic mass is 10.1. The molecule has 0 radical (unpaired) electrons. The van der Waals surface area contributed by atoms with Crippen LogP contribution in [0.25, 0.3) is 22.3 Å². The van der Waals surface area contributed by atoms with E-state index in [1.165, 1.54) is 11.3 Å². The minimum absolute atomic E-state index is 0.133. The van der Waals surface area contributed by atoms with Crippen molar-refractivity contribution >= 4 is 34.2 Å². The summed E-state index contributed by atoms with van der Waals surface area (Å²) in [7, 11) is 0. The molecule has 0 aliphatic heterocycles. The number of hydrazine groups is 1. The summed E-state index contributed by atoms with van der Waals surface area (Å²) in [6, 6.07) is 13.4. The molecule has 2 heterocycles. The molecule has 0 saturated heterocycles. The fraction of sp³-hybridized carbons (Fsp3) is 0.250. The van der Waals surface area contributed by atoms with Gasteiger partial charge in [-0.3, -0.25) is 20.4 Å². The molecule has 2 aromatic heterocycles. The number of hydrogen-bond acceptors (Lipinski definition) is 5. The van der Waals surface area contributed by atoms with E-state index in [1.807, 2.05) is 51.1 Å². The Hall–Kier alpha value is -3.52. The van der Waals surface area contributed by atoms with Gasteiger partial charge >= 0.3 is 0 Å². The molecule has 7 nitrogen and oxygen atoms in total. The molecule has 0 fully saturated rings. The largest absolute Gasteiger partial charge is 0.329 e. The first-order chi connectivity index (χ1) is 15.4. The molecule has 0 aliphatic carbocycles. The van der Waals surface area contributed by atoms with Crippen molar-refractivity contribution in [1.82, 2.24) is 25.4 Å². The Balaban J connectivity index is 1.43. The van der Waals surface area contributed by atoms with E-state index in [9.17, 15) is 9.59 Å². The number of benzene rings is 2. The molecular formula is C24H25N5O2S. The van der Waals surface area contributed by atoms with Gasteiger partial charge in [-0.25, -0.2) is 9.97 Å². The van der Waals surface area contributed by atoms with Crippen molar-refractivity contribution in [3.8, 4) is 11.3 Å². The topological polar surface area (TPSA) is 88.9 Å². The molecule has 4 rings (SSSR count). The molecule has 4 aromatic rings. The first kappa shape index (κ1) is 21.7. The Morgan fingerprint density at radius 1 is 1.00 bits per heavy atom. The van der Waals surface area contributed by atoms with Gasteiger partial charge in [0.2, 0.25) is 5.91 Å². The zero-order valence-electron chi connectivity index (χ0n) is 18.5. The summed E-state index contributed by atoms with van der Waals surface area (Å²) in [5, 5.41) is 0.891. The van der Waals surface area contributed by atoms with Crippen LogP contribution in [-0.4, -0.2) is 26.3 Å². The van der Waals surface area contributed by atoms with Gasteiger partial charge < -0.3 is 4.57 Å². The number of amides is 2. The second kappa shape index (κ2) is 8.92. The zero-order chi connectivity index (χ0) is 22.8. The first-order valence-corrected chi connectivity index (χ1v) is 11.3. The molecule has 0 atom stereocenters. The smallest absolute Gasteiger partial charge is 0.269 e. The van der Waals surface area contributed by atoms with Crippen LogP contribution in [0.15, 0.2) is 42.5 Å². The van der Waals surface area contributed by atoms with Crippen LogP contribution in [0.5, 0.6) is 0 Å². The second-order valence-corrected chi connectivity index (χ2v) is 8.94. The predicted molar refractivity (Wildman–Crippen MR) is 126 cm³/mol. The van der Waals surface area contributed by atoms with Crippen molar-refractivity contribution in [3.63, 3.8) is 0 Å². The Morgan fingerprint density at radius 3 is 2.47 bits per heavy atom. The number of fused-ring (bicyclic) bond motifs is 1. The maximum atomic E-state index is 12.6. The van der Waals surface area contributed by atoms with Gasteiger partial charge in [0.1, 0.15) is 5.82 Å². The number of imidazole rings is 1. The monoisotopic (exact) mass is 447 g/mol. The highest BCUT2D eigenvalue weighted by Crippen LogP contribution is 2.28. The summed E-state index contributed by atoms with van der Waals surface area (Å²) in [6.07, 6.45) is 0.133. The fourth-order valence-electron chi connectivity index (χ4n) is 3.71. The van der Waals surface area contributed by atoms with Gasteiger partial charge in [0.15, 0.2) is 0 Å². The Kier molecular flexibility index (Phi) is 6.05. The van der Waals surface area contributed by atoms with E-state index in [-0.39, 0.29) is 18.2 Å². The molecule has 0 unspecified atom stereocenters. The third-order valence-corrected chi connectivity index (χ3v) is 6.25. The third-order valence-electron chi connectivity index (χ3n) is 5.28. The Morgan fingerprint density at radius 2 is 1.75 bits per heavy atom. The van der Waals surface area contributed by atoms with E-state index in [4.69, 9.17) is 0 Å². The highest BCUT2D eigenvalue weighted by atomic mass is 32.1. The van der Waals surface area contributed by atoms with Crippen LogP contribution in [0, 0.1) is 20.8 Å². The molecule has 32 heavy (non-hydrogen) atoms. The van der Waals surface area contributed by atoms with Crippen LogP contribution in [0.3, 0.4) is 0 Å². The van der Waals surface area contributed by atoms with Crippen molar-refractivity contribution < 1.29 is 9.59 Å². The zero-order valence-corrected chi connectivity index (χ0v) is 19.3. The molecule has 164 valence electrons. The molecule has 2 aromatic carbocycles. The molecule has 0 aliphatic rings. The van der Waals surface area contributed by atoms with E-state index in [1.54, 1.807) is 12.1 Å². The van der Waals surface area contributed by atoms with Gasteiger partial charge in [0.05, 0.1) is 28.2 Å². The van der Waals surface area contributed by atoms with Crippen molar-refractivity contribution in [2.24, 2.45) is 0 Å². The summed E-state index contributed by atoms with van der Waals surface area (Å²) in [5.74, 6) is 0.211. The van der Waals surface area contributed by atoms with Crippen molar-refractivity contribution in [3.05, 3.63) is 69.3 Å². The number of aryl methyl sites for hydroxylation is 4. The lowest BCUT2D eigenvalue weighted by molar-refractivity contribution is -0.121. The number of thiazole rings is 1. The molecular weight excluding hydrogens is 422 g/mol. The molecule has 0 spiro atoms. The summed E-state index contributed by atoms with van der Waals surface area (Å²) >= 11 is 1.48. The third kappa shape index (κ3) is 4.40. The number of rotatable bonds is 5. The minimum atomic E-state index is -0.386. The lowest BCUT2D eigenvalue weighted by Crippen LogP contribution is -2.42. The lowest BCUT2D eigenvalue weighted by Gasteiger charge is -2.08. The van der Waals surface area contributed by atoms with E-state index in [2.05, 4.69) is 32.3 Å². The normalized spacial score (nSPS) is 11.0. The summed E-state index contributed by atoms with van der Waals surface area (Å²) < 4.78 is 2.08. The SMILES string of the molecule is CCn1c(C)nc2cc(C(=O)NNC(=O)Cc3sc(C)nc3-c3ccc(C)cc3)ccc21. The maximum Gasteiger partial charge on any atom is 0.269 e. The average Bonchev–Trinajstić information content (AvgIpc) is 3.29. The van der Waals surface area contributed by atoms with Crippen LogP contribution >= 0.6 is 11.3 Å². The standard InChI is InChI=1S/C24H25N5O2S/c1-5-29-15(3)25-19-12-18(10-11-20(19)29)24(31)28-27-22(30)13-21-23(26-16(4)32-21)17-8-6-14(2)7-9-17/h6-12H,5,13H2,1-4H3,(H,27,30)(H,28,31). The van der Waals surface area contributed by atoms with Gasteiger partial charge in [0, 0.05) is 22.5 Å². The minimum Gasteiger partial charge on any atom is -0.329 e.